The molecule has 1 aromatic carbocycles. The van der Waals surface area contributed by atoms with Crippen LogP contribution in [-0.2, 0) is 9.36 Å². The Labute approximate surface area is 88.3 Å². The van der Waals surface area contributed by atoms with E-state index in [1.54, 1.807) is 30.3 Å². The molecule has 0 aliphatic carbocycles. The Kier molecular flexibility index (Phi) is 3.77. The number of hydrogen-bond acceptors (Lipinski definition) is 3. The highest BCUT2D eigenvalue weighted by atomic mass is 31.1. The monoisotopic (exact) mass is 227 g/mol. The van der Waals surface area contributed by atoms with Gasteiger partial charge in [-0.05, 0) is 12.1 Å². The van der Waals surface area contributed by atoms with Crippen LogP contribution in [0.4, 0.5) is 0 Å². The van der Waals surface area contributed by atoms with Gasteiger partial charge in [-0.25, -0.2) is 4.79 Å². The van der Waals surface area contributed by atoms with Crippen LogP contribution in [0, 0.1) is 0 Å². The Morgan fingerprint density at radius 2 is 2.07 bits per heavy atom. The fourth-order valence-electron chi connectivity index (χ4n) is 0.926. The third-order valence-electron chi connectivity index (χ3n) is 1.73. The van der Waals surface area contributed by atoms with Crippen molar-refractivity contribution in [1.29, 1.82) is 0 Å². The first-order valence-corrected chi connectivity index (χ1v) is 4.97. The highest BCUT2D eigenvalue weighted by molar-refractivity contribution is 7.21. The molecular weight excluding hydrogens is 217 g/mol. The smallest absolute Gasteiger partial charge is 0.364 e. The normalized spacial score (nSPS) is 14.5. The van der Waals surface area contributed by atoms with E-state index in [1.807, 2.05) is 0 Å². The third-order valence-corrected chi connectivity index (χ3v) is 2.25. The van der Waals surface area contributed by atoms with Crippen LogP contribution >= 0.6 is 8.61 Å². The summed E-state index contributed by atoms with van der Waals surface area (Å²) < 4.78 is 15.5. The number of carboxylic acids is 1. The molecular formula is C9H10NO4P. The summed E-state index contributed by atoms with van der Waals surface area (Å²) in [6.07, 6.45) is 0. The van der Waals surface area contributed by atoms with Gasteiger partial charge in [0, 0.05) is 6.92 Å². The van der Waals surface area contributed by atoms with Crippen molar-refractivity contribution in [3.05, 3.63) is 30.3 Å². The first-order chi connectivity index (χ1) is 7.08. The lowest BCUT2D eigenvalue weighted by molar-refractivity contribution is -0.154. The van der Waals surface area contributed by atoms with Gasteiger partial charge in [-0.3, -0.25) is 4.57 Å². The van der Waals surface area contributed by atoms with Gasteiger partial charge in [-0.15, -0.1) is 0 Å². The van der Waals surface area contributed by atoms with Gasteiger partial charge in [-0.2, -0.15) is 5.09 Å². The molecule has 0 aliphatic rings. The van der Waals surface area contributed by atoms with Gasteiger partial charge >= 0.3 is 5.97 Å². The molecule has 0 heterocycles. The lowest BCUT2D eigenvalue weighted by Crippen LogP contribution is -2.50. The number of rotatable bonds is 5. The molecule has 0 amide bonds. The van der Waals surface area contributed by atoms with E-state index in [-0.39, 0.29) is 0 Å². The largest absolute Gasteiger partial charge is 0.477 e. The zero-order chi connectivity index (χ0) is 11.3. The minimum absolute atomic E-state index is 0.388. The molecule has 5 nitrogen and oxygen atoms in total. The van der Waals surface area contributed by atoms with Crippen LogP contribution < -0.4 is 9.82 Å². The van der Waals surface area contributed by atoms with Gasteiger partial charge in [0.25, 0.3) is 5.72 Å². The Hall–Kier alpha value is -1.45. The fraction of sp³-hybridized carbons (Fsp3) is 0.222. The van der Waals surface area contributed by atoms with E-state index >= 15 is 0 Å². The molecule has 0 aliphatic heterocycles. The van der Waals surface area contributed by atoms with E-state index in [1.165, 1.54) is 6.92 Å². The van der Waals surface area contributed by atoms with Crippen molar-refractivity contribution < 1.29 is 19.2 Å². The molecule has 15 heavy (non-hydrogen) atoms. The van der Waals surface area contributed by atoms with Crippen LogP contribution in [0.2, 0.25) is 0 Å². The van der Waals surface area contributed by atoms with E-state index in [9.17, 15) is 9.36 Å². The van der Waals surface area contributed by atoms with Crippen LogP contribution in [0.3, 0.4) is 0 Å². The van der Waals surface area contributed by atoms with Crippen LogP contribution in [0.1, 0.15) is 6.92 Å². The predicted octanol–water partition coefficient (Wildman–Crippen LogP) is 1.66. The second-order valence-electron chi connectivity index (χ2n) is 2.96. The Balaban J connectivity index is 2.84. The average molecular weight is 227 g/mol. The number of aliphatic carboxylic acids is 1. The van der Waals surface area contributed by atoms with E-state index in [2.05, 4.69) is 5.09 Å². The first kappa shape index (κ1) is 11.6. The van der Waals surface area contributed by atoms with Gasteiger partial charge in [0.2, 0.25) is 8.61 Å². The van der Waals surface area contributed by atoms with E-state index < -0.39 is 20.3 Å². The van der Waals surface area contributed by atoms with Gasteiger partial charge in [0.1, 0.15) is 5.75 Å². The predicted molar refractivity (Wildman–Crippen MR) is 53.9 cm³/mol. The summed E-state index contributed by atoms with van der Waals surface area (Å²) in [7, 11) is -0.501. The second kappa shape index (κ2) is 4.87. The number of benzene rings is 1. The van der Waals surface area contributed by atoms with Crippen molar-refractivity contribution >= 4 is 14.6 Å². The number of nitrogens with one attached hydrogen (secondary N) is 1. The van der Waals surface area contributed by atoms with E-state index in [0.29, 0.717) is 5.75 Å². The van der Waals surface area contributed by atoms with Crippen LogP contribution in [-0.4, -0.2) is 16.8 Å². The van der Waals surface area contributed by atoms with E-state index in [0.717, 1.165) is 0 Å². The molecule has 1 rings (SSSR count). The van der Waals surface area contributed by atoms with Crippen molar-refractivity contribution in [1.82, 2.24) is 5.09 Å². The summed E-state index contributed by atoms with van der Waals surface area (Å²) in [5.41, 5.74) is -1.70. The lowest BCUT2D eigenvalue weighted by atomic mass is 10.3. The summed E-state index contributed by atoms with van der Waals surface area (Å²) in [5.74, 6) is -0.853. The Morgan fingerprint density at radius 1 is 1.47 bits per heavy atom. The number of carbonyl (C=O) groups is 1. The zero-order valence-corrected chi connectivity index (χ0v) is 8.90. The average Bonchev–Trinajstić information content (AvgIpc) is 2.19. The molecule has 0 aromatic heterocycles. The van der Waals surface area contributed by atoms with Gasteiger partial charge < -0.3 is 9.84 Å². The maximum absolute atomic E-state index is 10.9. The Morgan fingerprint density at radius 3 is 2.53 bits per heavy atom. The molecule has 2 N–H and O–H groups in total. The van der Waals surface area contributed by atoms with Crippen LogP contribution in [0.25, 0.3) is 0 Å². The number of ether oxygens (including phenoxy) is 1. The number of carboxylic acid groups (broad SMARTS) is 1. The molecule has 0 spiro atoms. The molecule has 0 radical (unpaired) electrons. The quantitative estimate of drug-likeness (QED) is 0.591. The molecule has 1 aromatic rings. The van der Waals surface area contributed by atoms with Crippen molar-refractivity contribution in [2.45, 2.75) is 12.6 Å². The molecule has 0 fully saturated rings. The van der Waals surface area contributed by atoms with Gasteiger partial charge in [0.05, 0.1) is 0 Å². The summed E-state index contributed by atoms with van der Waals surface area (Å²) in [6, 6.07) is 8.44. The minimum atomic E-state index is -1.70. The van der Waals surface area contributed by atoms with Crippen molar-refractivity contribution in [3.8, 4) is 5.75 Å². The molecule has 80 valence electrons. The highest BCUT2D eigenvalue weighted by Gasteiger charge is 2.35. The SMILES string of the molecule is CC(NP=O)(Oc1ccccc1)C(=O)O. The number of para-hydroxylation sites is 1. The molecule has 0 saturated heterocycles. The lowest BCUT2D eigenvalue weighted by Gasteiger charge is -2.23. The summed E-state index contributed by atoms with van der Waals surface area (Å²) in [6.45, 7) is 1.28. The summed E-state index contributed by atoms with van der Waals surface area (Å²) >= 11 is 0. The highest BCUT2D eigenvalue weighted by Crippen LogP contribution is 2.17. The van der Waals surface area contributed by atoms with E-state index in [4.69, 9.17) is 9.84 Å². The van der Waals surface area contributed by atoms with Crippen LogP contribution in [0.15, 0.2) is 30.3 Å². The van der Waals surface area contributed by atoms with Crippen molar-refractivity contribution in [3.63, 3.8) is 0 Å². The van der Waals surface area contributed by atoms with Crippen molar-refractivity contribution in [2.24, 2.45) is 0 Å². The van der Waals surface area contributed by atoms with Gasteiger partial charge in [-0.1, -0.05) is 18.2 Å². The molecule has 1 atom stereocenters. The molecule has 1 unspecified atom stereocenters. The second-order valence-corrected chi connectivity index (χ2v) is 3.36. The molecule has 0 bridgehead atoms. The third kappa shape index (κ3) is 3.01. The topological polar surface area (TPSA) is 75.6 Å². The summed E-state index contributed by atoms with van der Waals surface area (Å²) in [4.78, 5) is 10.9. The minimum Gasteiger partial charge on any atom is -0.477 e. The molecule has 6 heteroatoms. The van der Waals surface area contributed by atoms with Crippen molar-refractivity contribution in [2.75, 3.05) is 0 Å². The number of hydrogen-bond donors (Lipinski definition) is 2. The first-order valence-electron chi connectivity index (χ1n) is 4.15. The summed E-state index contributed by atoms with van der Waals surface area (Å²) in [5, 5.41) is 11.1. The maximum Gasteiger partial charge on any atom is 0.364 e. The fourth-order valence-corrected chi connectivity index (χ4v) is 1.24. The standard InChI is InChI=1S/C9H10NO4P/c1-9(8(11)12,10-15-13)14-7-5-3-2-4-6-7/h2-6H,1H3,(H,10,13)(H,11,12). The maximum atomic E-state index is 10.9. The molecule has 0 saturated carbocycles. The van der Waals surface area contributed by atoms with Crippen LogP contribution in [0.5, 0.6) is 5.75 Å². The van der Waals surface area contributed by atoms with Gasteiger partial charge in [0.15, 0.2) is 0 Å². The Bertz CT molecular complexity index is 356. The zero-order valence-electron chi connectivity index (χ0n) is 8.01.